The minimum Gasteiger partial charge on any atom is -0.463 e. The molecule has 0 spiro atoms. The zero-order valence-electron chi connectivity index (χ0n) is 17.9. The average molecular weight is 415 g/mol. The van der Waals surface area contributed by atoms with Gasteiger partial charge in [0, 0.05) is 31.0 Å². The van der Waals surface area contributed by atoms with Crippen LogP contribution in [0.3, 0.4) is 0 Å². The van der Waals surface area contributed by atoms with Gasteiger partial charge in [0.25, 0.3) is 5.91 Å². The Balaban J connectivity index is 2.53. The second-order valence-electron chi connectivity index (χ2n) is 5.75. The first-order valence-corrected chi connectivity index (χ1v) is 7.89. The van der Waals surface area contributed by atoms with Crippen LogP contribution in [0.4, 0.5) is 5.82 Å². The molecule has 2 heterocycles. The summed E-state index contributed by atoms with van der Waals surface area (Å²) in [6.07, 6.45) is -5.01. The second kappa shape index (κ2) is 8.68. The van der Waals surface area contributed by atoms with Crippen molar-refractivity contribution in [1.82, 2.24) is 9.55 Å². The van der Waals surface area contributed by atoms with Crippen LogP contribution in [0.5, 0.6) is 0 Å². The molecular formula is C16H20N4O9. The number of aromatic nitrogens is 2. The molecule has 2 rings (SSSR count). The van der Waals surface area contributed by atoms with Gasteiger partial charge in [-0.15, -0.1) is 0 Å². The van der Waals surface area contributed by atoms with E-state index >= 15 is 0 Å². The number of esters is 3. The summed E-state index contributed by atoms with van der Waals surface area (Å²) < 4.78 is 42.7. The lowest BCUT2D eigenvalue weighted by Crippen LogP contribution is -2.42. The van der Waals surface area contributed by atoms with Crippen molar-refractivity contribution in [2.24, 2.45) is 5.73 Å². The molecule has 1 aliphatic rings. The molecule has 4 N–H and O–H groups in total. The Labute approximate surface area is 168 Å². The first kappa shape index (κ1) is 17.6. The summed E-state index contributed by atoms with van der Waals surface area (Å²) in [7, 11) is 0. The van der Waals surface area contributed by atoms with Gasteiger partial charge in [0.05, 0.1) is 5.56 Å². The number of hydrogen-bond acceptors (Lipinski definition) is 11. The molecule has 4 atom stereocenters. The van der Waals surface area contributed by atoms with E-state index in [9.17, 15) is 24.0 Å². The molecule has 0 radical (unpaired) electrons. The predicted molar refractivity (Wildman–Crippen MR) is 93.1 cm³/mol. The Morgan fingerprint density at radius 1 is 1.17 bits per heavy atom. The Hall–Kier alpha value is -3.48. The molecule has 0 saturated carbocycles. The van der Waals surface area contributed by atoms with Crippen LogP contribution in [-0.2, 0) is 33.3 Å². The number of carbonyl (C=O) groups excluding carboxylic acids is 4. The first-order valence-electron chi connectivity index (χ1n) is 10.0. The van der Waals surface area contributed by atoms with E-state index in [0.29, 0.717) is 4.57 Å². The van der Waals surface area contributed by atoms with E-state index in [-0.39, 0.29) is 5.56 Å². The topological polar surface area (TPSA) is 192 Å². The fourth-order valence-corrected chi connectivity index (χ4v) is 2.67. The molecule has 1 aliphatic heterocycles. The first-order chi connectivity index (χ1) is 15.1. The number of nitrogens with two attached hydrogens (primary N) is 2. The van der Waals surface area contributed by atoms with Gasteiger partial charge in [0.2, 0.25) is 0 Å². The van der Waals surface area contributed by atoms with E-state index in [4.69, 9.17) is 34.5 Å². The quantitative estimate of drug-likeness (QED) is 0.395. The molecule has 1 saturated heterocycles. The van der Waals surface area contributed by atoms with Crippen molar-refractivity contribution in [2.45, 2.75) is 45.2 Å². The van der Waals surface area contributed by atoms with Gasteiger partial charge in [-0.1, -0.05) is 0 Å². The molecule has 0 aliphatic carbocycles. The van der Waals surface area contributed by atoms with Crippen LogP contribution in [-0.4, -0.2) is 58.3 Å². The van der Waals surface area contributed by atoms with Crippen molar-refractivity contribution >= 4 is 29.6 Å². The lowest BCUT2D eigenvalue weighted by atomic mass is 10.1. The number of primary amides is 1. The minimum atomic E-state index is -1.56. The van der Waals surface area contributed by atoms with Crippen LogP contribution < -0.4 is 17.2 Å². The molecule has 13 heteroatoms. The van der Waals surface area contributed by atoms with Gasteiger partial charge in [0.1, 0.15) is 18.5 Å². The number of amides is 1. The number of rotatable bonds is 6. The monoisotopic (exact) mass is 415 g/mol. The maximum atomic E-state index is 12.4. The summed E-state index contributed by atoms with van der Waals surface area (Å²) in [5.74, 6) is -4.56. The molecule has 1 aromatic rings. The fourth-order valence-electron chi connectivity index (χ4n) is 2.67. The minimum absolute atomic E-state index is 0.359. The number of hydrogen-bond donors (Lipinski definition) is 2. The van der Waals surface area contributed by atoms with Gasteiger partial charge in [-0.25, -0.2) is 4.79 Å². The van der Waals surface area contributed by atoms with Crippen LogP contribution in [0.25, 0.3) is 0 Å². The summed E-state index contributed by atoms with van der Waals surface area (Å²) in [5, 5.41) is 0. The highest BCUT2D eigenvalue weighted by Crippen LogP contribution is 2.34. The number of nitrogens with zero attached hydrogens (tertiary/aromatic N) is 2. The van der Waals surface area contributed by atoms with Crippen LogP contribution >= 0.6 is 0 Å². The SMILES string of the molecule is [2H]CC(=O)OC[C@H]1OC(n2cc(C(N)=O)c(N)nc2=O)[C@H](OC(=O)C[2H])[C@H]1OC(=O)C[2H]. The summed E-state index contributed by atoms with van der Waals surface area (Å²) in [6, 6.07) is 0. The molecule has 29 heavy (non-hydrogen) atoms. The van der Waals surface area contributed by atoms with Crippen molar-refractivity contribution in [2.75, 3.05) is 12.3 Å². The molecule has 158 valence electrons. The van der Waals surface area contributed by atoms with Gasteiger partial charge in [-0.2, -0.15) is 4.98 Å². The maximum absolute atomic E-state index is 12.4. The molecule has 0 aromatic carbocycles. The van der Waals surface area contributed by atoms with Crippen molar-refractivity contribution in [3.8, 4) is 0 Å². The Bertz CT molecular complexity index is 957. The highest BCUT2D eigenvalue weighted by atomic mass is 16.7. The third kappa shape index (κ3) is 5.07. The van der Waals surface area contributed by atoms with Crippen LogP contribution in [0.15, 0.2) is 11.0 Å². The number of nitrogen functional groups attached to an aromatic ring is 1. The fraction of sp³-hybridized carbons (Fsp3) is 0.500. The maximum Gasteiger partial charge on any atom is 0.351 e. The van der Waals surface area contributed by atoms with Gasteiger partial charge < -0.3 is 30.4 Å². The number of carbonyl (C=O) groups is 4. The summed E-state index contributed by atoms with van der Waals surface area (Å²) in [5.41, 5.74) is 9.33. The van der Waals surface area contributed by atoms with Gasteiger partial charge in [0.15, 0.2) is 18.4 Å². The van der Waals surface area contributed by atoms with Crippen molar-refractivity contribution in [3.63, 3.8) is 0 Å². The largest absolute Gasteiger partial charge is 0.463 e. The normalized spacial score (nSPS) is 24.6. The third-order valence-electron chi connectivity index (χ3n) is 3.75. The van der Waals surface area contributed by atoms with Gasteiger partial charge in [-0.05, 0) is 0 Å². The van der Waals surface area contributed by atoms with Crippen molar-refractivity contribution in [1.29, 1.82) is 0 Å². The Morgan fingerprint density at radius 3 is 2.38 bits per heavy atom. The summed E-state index contributed by atoms with van der Waals surface area (Å²) in [4.78, 5) is 62.5. The van der Waals surface area contributed by atoms with Crippen LogP contribution in [0, 0.1) is 0 Å². The molecular weight excluding hydrogens is 392 g/mol. The number of anilines is 1. The van der Waals surface area contributed by atoms with Crippen LogP contribution in [0.2, 0.25) is 0 Å². The van der Waals surface area contributed by atoms with E-state index in [1.807, 2.05) is 0 Å². The standard InChI is InChI=1S/C16H20N4O9/c1-6(21)26-5-10-11(27-7(2)22)12(28-8(3)23)15(29-10)20-4-9(14(18)24)13(17)19-16(20)25/h4,10-12,15H,5H2,1-3H3,(H2,18,24)(H2,17,19,25)/t10-,11+,12-,15?/m1/s1/i1D,2D,3D. The molecule has 1 amide bonds. The van der Waals surface area contributed by atoms with Gasteiger partial charge in [-0.3, -0.25) is 23.7 Å². The highest BCUT2D eigenvalue weighted by Gasteiger charge is 2.51. The van der Waals surface area contributed by atoms with Crippen LogP contribution in [0.1, 0.15) is 41.4 Å². The Kier molecular flexibility index (Phi) is 5.27. The lowest BCUT2D eigenvalue weighted by Gasteiger charge is -2.24. The molecule has 1 fully saturated rings. The van der Waals surface area contributed by atoms with E-state index in [0.717, 1.165) is 6.20 Å². The molecule has 1 aromatic heterocycles. The zero-order valence-corrected chi connectivity index (χ0v) is 14.9. The highest BCUT2D eigenvalue weighted by molar-refractivity contribution is 5.96. The van der Waals surface area contributed by atoms with Crippen molar-refractivity contribution < 1.29 is 42.2 Å². The van der Waals surface area contributed by atoms with E-state index < -0.39 is 87.2 Å². The predicted octanol–water partition coefficient (Wildman–Crippen LogP) is -1.75. The average Bonchev–Trinajstić information content (AvgIpc) is 3.08. The zero-order chi connectivity index (χ0) is 24.0. The second-order valence-corrected chi connectivity index (χ2v) is 5.75. The Morgan fingerprint density at radius 2 is 1.79 bits per heavy atom. The van der Waals surface area contributed by atoms with E-state index in [2.05, 4.69) is 4.98 Å². The molecule has 1 unspecified atom stereocenters. The summed E-state index contributed by atoms with van der Waals surface area (Å²) in [6.45, 7) is -2.93. The van der Waals surface area contributed by atoms with Gasteiger partial charge >= 0.3 is 23.6 Å². The molecule has 13 nitrogen and oxygen atoms in total. The smallest absolute Gasteiger partial charge is 0.351 e. The molecule has 0 bridgehead atoms. The van der Waals surface area contributed by atoms with E-state index in [1.54, 1.807) is 0 Å². The van der Waals surface area contributed by atoms with E-state index in [1.165, 1.54) is 0 Å². The number of ether oxygens (including phenoxy) is 4. The summed E-state index contributed by atoms with van der Waals surface area (Å²) >= 11 is 0. The van der Waals surface area contributed by atoms with Crippen molar-refractivity contribution in [3.05, 3.63) is 22.2 Å². The lowest BCUT2D eigenvalue weighted by molar-refractivity contribution is -0.166. The third-order valence-corrected chi connectivity index (χ3v) is 3.75.